The third-order valence-electron chi connectivity index (χ3n) is 9.73. The van der Waals surface area contributed by atoms with Gasteiger partial charge in [0.1, 0.15) is 5.82 Å². The molecule has 4 nitrogen and oxygen atoms in total. The summed E-state index contributed by atoms with van der Waals surface area (Å²) in [6.07, 6.45) is 0. The summed E-state index contributed by atoms with van der Waals surface area (Å²) in [7, 11) is -3.85. The normalized spacial score (nSPS) is 13.3. The molecule has 10 rings (SSSR count). The summed E-state index contributed by atoms with van der Waals surface area (Å²) in [6, 6.07) is 53.1. The van der Waals surface area contributed by atoms with Crippen LogP contribution in [0.25, 0.3) is 82.7 Å². The summed E-state index contributed by atoms with van der Waals surface area (Å²) in [5.74, 6) is 0.720. The van der Waals surface area contributed by atoms with Crippen molar-refractivity contribution in [3.63, 3.8) is 0 Å². The summed E-state index contributed by atoms with van der Waals surface area (Å²) in [5, 5.41) is 6.77. The maximum absolute atomic E-state index is 14.5. The number of hydrogen-bond acceptors (Lipinski definition) is 3. The van der Waals surface area contributed by atoms with Crippen LogP contribution in [0, 0.1) is 0 Å². The van der Waals surface area contributed by atoms with Crippen LogP contribution >= 0.6 is 0 Å². The molecule has 1 aromatic heterocycles. The van der Waals surface area contributed by atoms with Crippen LogP contribution in [0.2, 0.25) is 0 Å². The first kappa shape index (κ1) is 27.1. The number of nitrogens with zero attached hydrogens (tertiary/aromatic N) is 2. The number of imidazole rings is 1. The standard InChI is InChI=1S/C43H26N2O2S/c46-48(47)38-23-11-22-36-42(38)45(43(44-36)28-13-2-1-3-14-28)37-25-24-29(26-39(37)48)40-32-17-6-8-19-34(32)41(35-20-9-7-18-33(35)40)31-21-10-15-27-12-4-5-16-30(27)31/h1-26H. The molecular weight excluding hydrogens is 609 g/mol. The highest BCUT2D eigenvalue weighted by Crippen LogP contribution is 2.47. The Bertz CT molecular complexity index is 2850. The second kappa shape index (κ2) is 9.98. The van der Waals surface area contributed by atoms with Gasteiger partial charge in [-0.1, -0.05) is 133 Å². The minimum Gasteiger partial charge on any atom is -0.290 e. The summed E-state index contributed by atoms with van der Waals surface area (Å²) < 4.78 is 30.9. The van der Waals surface area contributed by atoms with Crippen molar-refractivity contribution in [2.45, 2.75) is 9.79 Å². The number of rotatable bonds is 3. The first-order valence-corrected chi connectivity index (χ1v) is 17.5. The number of fused-ring (bicyclic) bond motifs is 5. The zero-order valence-corrected chi connectivity index (χ0v) is 26.4. The van der Waals surface area contributed by atoms with Crippen molar-refractivity contribution < 1.29 is 8.42 Å². The van der Waals surface area contributed by atoms with Crippen LogP contribution in [0.15, 0.2) is 168 Å². The molecule has 0 unspecified atom stereocenters. The Morgan fingerprint density at radius 3 is 1.81 bits per heavy atom. The molecule has 2 heterocycles. The van der Waals surface area contributed by atoms with Gasteiger partial charge >= 0.3 is 0 Å². The molecular formula is C43H26N2O2S. The molecule has 0 aliphatic carbocycles. The fraction of sp³-hybridized carbons (Fsp3) is 0. The van der Waals surface area contributed by atoms with E-state index in [4.69, 9.17) is 4.98 Å². The molecule has 5 heteroatoms. The molecule has 0 amide bonds. The lowest BCUT2D eigenvalue weighted by Gasteiger charge is -2.23. The third kappa shape index (κ3) is 3.70. The minimum atomic E-state index is -3.85. The predicted octanol–water partition coefficient (Wildman–Crippen LogP) is 10.6. The monoisotopic (exact) mass is 634 g/mol. The largest absolute Gasteiger partial charge is 0.290 e. The molecule has 0 spiro atoms. The van der Waals surface area contributed by atoms with E-state index in [1.807, 2.05) is 53.1 Å². The first-order valence-electron chi connectivity index (χ1n) is 16.0. The Balaban J connectivity index is 1.29. The Morgan fingerprint density at radius 2 is 1.08 bits per heavy atom. The summed E-state index contributed by atoms with van der Waals surface area (Å²) in [4.78, 5) is 5.50. The summed E-state index contributed by atoms with van der Waals surface area (Å²) in [6.45, 7) is 0. The molecule has 0 atom stereocenters. The van der Waals surface area contributed by atoms with Gasteiger partial charge in [-0.25, -0.2) is 13.4 Å². The van der Waals surface area contributed by atoms with Gasteiger partial charge in [-0.2, -0.15) is 0 Å². The fourth-order valence-corrected chi connectivity index (χ4v) is 9.35. The molecule has 48 heavy (non-hydrogen) atoms. The lowest BCUT2D eigenvalue weighted by Crippen LogP contribution is -2.15. The second-order valence-electron chi connectivity index (χ2n) is 12.3. The van der Waals surface area contributed by atoms with Crippen molar-refractivity contribution >= 4 is 53.2 Å². The van der Waals surface area contributed by atoms with E-state index in [0.717, 1.165) is 44.1 Å². The molecule has 0 radical (unpaired) electrons. The van der Waals surface area contributed by atoms with Crippen LogP contribution < -0.4 is 0 Å². The van der Waals surface area contributed by atoms with Crippen LogP contribution in [0.1, 0.15) is 0 Å². The van der Waals surface area contributed by atoms with E-state index in [1.165, 1.54) is 21.9 Å². The van der Waals surface area contributed by atoms with E-state index >= 15 is 0 Å². The highest BCUT2D eigenvalue weighted by molar-refractivity contribution is 7.92. The molecule has 226 valence electrons. The van der Waals surface area contributed by atoms with Crippen molar-refractivity contribution in [1.82, 2.24) is 9.55 Å². The molecule has 0 saturated carbocycles. The van der Waals surface area contributed by atoms with E-state index in [-0.39, 0.29) is 9.79 Å². The van der Waals surface area contributed by atoms with Gasteiger partial charge in [0.05, 0.1) is 26.5 Å². The van der Waals surface area contributed by atoms with Crippen molar-refractivity contribution in [2.24, 2.45) is 0 Å². The number of benzene rings is 8. The Morgan fingerprint density at radius 1 is 0.479 bits per heavy atom. The van der Waals surface area contributed by atoms with E-state index in [9.17, 15) is 8.42 Å². The summed E-state index contributed by atoms with van der Waals surface area (Å²) >= 11 is 0. The Labute approximate surface area is 277 Å². The fourth-order valence-electron chi connectivity index (χ4n) is 7.69. The molecule has 9 aromatic rings. The number of aromatic nitrogens is 2. The van der Waals surface area contributed by atoms with E-state index in [0.29, 0.717) is 16.7 Å². The highest BCUT2D eigenvalue weighted by Gasteiger charge is 2.34. The lowest BCUT2D eigenvalue weighted by molar-refractivity contribution is 0.594. The van der Waals surface area contributed by atoms with Gasteiger partial charge in [0.2, 0.25) is 9.84 Å². The highest BCUT2D eigenvalue weighted by atomic mass is 32.2. The first-order chi connectivity index (χ1) is 23.6. The molecule has 8 aromatic carbocycles. The van der Waals surface area contributed by atoms with Crippen LogP contribution in [-0.2, 0) is 9.84 Å². The van der Waals surface area contributed by atoms with Gasteiger partial charge in [-0.15, -0.1) is 0 Å². The van der Waals surface area contributed by atoms with Crippen LogP contribution in [0.3, 0.4) is 0 Å². The lowest BCUT2D eigenvalue weighted by atomic mass is 9.85. The smallest absolute Gasteiger partial charge is 0.210 e. The minimum absolute atomic E-state index is 0.278. The van der Waals surface area contributed by atoms with Crippen molar-refractivity contribution in [1.29, 1.82) is 0 Å². The zero-order chi connectivity index (χ0) is 32.0. The van der Waals surface area contributed by atoms with E-state index in [2.05, 4.69) is 97.1 Å². The number of sulfone groups is 1. The zero-order valence-electron chi connectivity index (χ0n) is 25.6. The van der Waals surface area contributed by atoms with Crippen LogP contribution in [-0.4, -0.2) is 18.0 Å². The molecule has 1 aliphatic heterocycles. The van der Waals surface area contributed by atoms with Gasteiger partial charge < -0.3 is 0 Å². The second-order valence-corrected chi connectivity index (χ2v) is 14.2. The molecule has 0 N–H and O–H groups in total. The molecule has 1 aliphatic rings. The van der Waals surface area contributed by atoms with Gasteiger partial charge in [0.25, 0.3) is 0 Å². The summed E-state index contributed by atoms with van der Waals surface area (Å²) in [5.41, 5.74) is 7.03. The quantitative estimate of drug-likeness (QED) is 0.182. The van der Waals surface area contributed by atoms with Crippen molar-refractivity contribution in [3.8, 4) is 39.3 Å². The van der Waals surface area contributed by atoms with Crippen LogP contribution in [0.5, 0.6) is 0 Å². The van der Waals surface area contributed by atoms with Crippen molar-refractivity contribution in [3.05, 3.63) is 158 Å². The SMILES string of the molecule is O=S1(=O)c2cc(-c3c4ccccc4c(-c4cccc5ccccc45)c4ccccc34)ccc2-n2c(-c3ccccc3)nc3cccc1c32. The predicted molar refractivity (Wildman–Crippen MR) is 195 cm³/mol. The van der Waals surface area contributed by atoms with Gasteiger partial charge in [0.15, 0.2) is 0 Å². The maximum Gasteiger partial charge on any atom is 0.210 e. The van der Waals surface area contributed by atoms with Crippen molar-refractivity contribution in [2.75, 3.05) is 0 Å². The topological polar surface area (TPSA) is 52.0 Å². The van der Waals surface area contributed by atoms with E-state index < -0.39 is 9.84 Å². The van der Waals surface area contributed by atoms with Gasteiger partial charge in [0, 0.05) is 5.56 Å². The number of hydrogen-bond donors (Lipinski definition) is 0. The average molecular weight is 635 g/mol. The third-order valence-corrected chi connectivity index (χ3v) is 11.5. The molecule has 0 saturated heterocycles. The van der Waals surface area contributed by atoms with E-state index in [1.54, 1.807) is 12.1 Å². The Hall–Kier alpha value is -6.04. The van der Waals surface area contributed by atoms with Gasteiger partial charge in [-0.3, -0.25) is 4.57 Å². The number of para-hydroxylation sites is 1. The Kier molecular flexibility index (Phi) is 5.64. The molecule has 0 fully saturated rings. The maximum atomic E-state index is 14.5. The average Bonchev–Trinajstić information content (AvgIpc) is 3.53. The molecule has 0 bridgehead atoms. The van der Waals surface area contributed by atoms with Gasteiger partial charge in [-0.05, 0) is 78.8 Å². The van der Waals surface area contributed by atoms with Crippen LogP contribution in [0.4, 0.5) is 0 Å².